The van der Waals surface area contributed by atoms with E-state index in [2.05, 4.69) is 31.1 Å². The molecule has 1 saturated heterocycles. The molecule has 1 aliphatic heterocycles. The van der Waals surface area contributed by atoms with Crippen LogP contribution in [-0.4, -0.2) is 36.1 Å². The largest absolute Gasteiger partial charge is 0.461 e. The number of carbonyl (C=O) groups excluding carboxylic acids is 1. The van der Waals surface area contributed by atoms with Gasteiger partial charge in [-0.2, -0.15) is 0 Å². The van der Waals surface area contributed by atoms with Gasteiger partial charge in [-0.1, -0.05) is 6.58 Å². The van der Waals surface area contributed by atoms with E-state index >= 15 is 0 Å². The van der Waals surface area contributed by atoms with Gasteiger partial charge in [-0.3, -0.25) is 4.90 Å². The standard InChI is InChI=1S/C10H15NO2/c1-4-5-9(12)13-7-6-11-8-10(11,2)3/h5H,1,6-8H2,2-3H3. The lowest BCUT2D eigenvalue weighted by Gasteiger charge is -2.05. The highest BCUT2D eigenvalue weighted by Gasteiger charge is 2.42. The van der Waals surface area contributed by atoms with Crippen LogP contribution >= 0.6 is 0 Å². The van der Waals surface area contributed by atoms with Crippen LogP contribution < -0.4 is 0 Å². The second kappa shape index (κ2) is 3.77. The molecule has 0 radical (unpaired) electrons. The van der Waals surface area contributed by atoms with Gasteiger partial charge in [0.05, 0.1) is 6.08 Å². The average molecular weight is 181 g/mol. The highest BCUT2D eigenvalue weighted by Crippen LogP contribution is 2.29. The van der Waals surface area contributed by atoms with Crippen LogP contribution in [0.2, 0.25) is 0 Å². The molecule has 0 amide bonds. The molecule has 1 unspecified atom stereocenters. The topological polar surface area (TPSA) is 29.3 Å². The fourth-order valence-corrected chi connectivity index (χ4v) is 1.19. The van der Waals surface area contributed by atoms with Crippen LogP contribution in [0, 0.1) is 0 Å². The smallest absolute Gasteiger partial charge is 0.338 e. The SMILES string of the molecule is C=C=CC(=O)OCCN1CC1(C)C. The third-order valence-corrected chi connectivity index (χ3v) is 2.16. The van der Waals surface area contributed by atoms with Crippen molar-refractivity contribution in [3.05, 3.63) is 18.4 Å². The first-order chi connectivity index (χ1) is 6.06. The molecule has 0 aliphatic carbocycles. The zero-order valence-corrected chi connectivity index (χ0v) is 8.17. The van der Waals surface area contributed by atoms with Gasteiger partial charge in [0, 0.05) is 18.6 Å². The summed E-state index contributed by atoms with van der Waals surface area (Å²) in [6.07, 6.45) is 1.20. The van der Waals surface area contributed by atoms with Crippen molar-refractivity contribution in [1.82, 2.24) is 4.90 Å². The first-order valence-corrected chi connectivity index (χ1v) is 4.34. The molecule has 0 aromatic heterocycles. The monoisotopic (exact) mass is 181 g/mol. The molecule has 3 nitrogen and oxygen atoms in total. The Balaban J connectivity index is 2.09. The zero-order valence-electron chi connectivity index (χ0n) is 8.17. The molecule has 1 fully saturated rings. The lowest BCUT2D eigenvalue weighted by Crippen LogP contribution is -2.16. The number of nitrogens with zero attached hydrogens (tertiary/aromatic N) is 1. The van der Waals surface area contributed by atoms with E-state index in [0.29, 0.717) is 12.1 Å². The summed E-state index contributed by atoms with van der Waals surface area (Å²) < 4.78 is 4.89. The first-order valence-electron chi connectivity index (χ1n) is 4.34. The molecule has 0 saturated carbocycles. The van der Waals surface area contributed by atoms with Gasteiger partial charge in [-0.25, -0.2) is 4.79 Å². The van der Waals surface area contributed by atoms with Crippen molar-refractivity contribution in [2.24, 2.45) is 0 Å². The second-order valence-corrected chi connectivity index (χ2v) is 3.75. The Morgan fingerprint density at radius 2 is 2.38 bits per heavy atom. The molecule has 72 valence electrons. The summed E-state index contributed by atoms with van der Waals surface area (Å²) in [4.78, 5) is 13.1. The molecule has 0 aromatic carbocycles. The molecular weight excluding hydrogens is 166 g/mol. The van der Waals surface area contributed by atoms with E-state index in [1.807, 2.05) is 0 Å². The quantitative estimate of drug-likeness (QED) is 0.280. The normalized spacial score (nSPS) is 23.1. The van der Waals surface area contributed by atoms with Crippen LogP contribution in [0.15, 0.2) is 18.4 Å². The molecule has 0 N–H and O–H groups in total. The molecule has 1 aliphatic rings. The number of hydrogen-bond acceptors (Lipinski definition) is 3. The second-order valence-electron chi connectivity index (χ2n) is 3.75. The summed E-state index contributed by atoms with van der Waals surface area (Å²) in [6.45, 7) is 9.96. The third-order valence-electron chi connectivity index (χ3n) is 2.16. The molecule has 1 rings (SSSR count). The van der Waals surface area contributed by atoms with Crippen LogP contribution in [-0.2, 0) is 9.53 Å². The minimum atomic E-state index is -0.366. The Bertz CT molecular complexity index is 252. The molecule has 0 spiro atoms. The Kier molecular flexibility index (Phi) is 2.91. The Morgan fingerprint density at radius 3 is 2.85 bits per heavy atom. The lowest BCUT2D eigenvalue weighted by atomic mass is 10.2. The highest BCUT2D eigenvalue weighted by atomic mass is 16.5. The predicted molar refractivity (Wildman–Crippen MR) is 50.3 cm³/mol. The summed E-state index contributed by atoms with van der Waals surface area (Å²) in [5, 5.41) is 0. The van der Waals surface area contributed by atoms with E-state index in [4.69, 9.17) is 4.74 Å². The van der Waals surface area contributed by atoms with E-state index in [1.165, 1.54) is 6.08 Å². The number of hydrogen-bond donors (Lipinski definition) is 0. The van der Waals surface area contributed by atoms with Crippen LogP contribution in [0.25, 0.3) is 0 Å². The summed E-state index contributed by atoms with van der Waals surface area (Å²) >= 11 is 0. The molecule has 1 heterocycles. The van der Waals surface area contributed by atoms with E-state index in [9.17, 15) is 4.79 Å². The predicted octanol–water partition coefficient (Wildman–Crippen LogP) is 0.965. The first kappa shape index (κ1) is 10.0. The van der Waals surface area contributed by atoms with Gasteiger partial charge in [-0.05, 0) is 13.8 Å². The Labute approximate surface area is 78.7 Å². The molecular formula is C10H15NO2. The molecule has 1 atom stereocenters. The van der Waals surface area contributed by atoms with Crippen molar-refractivity contribution in [1.29, 1.82) is 0 Å². The van der Waals surface area contributed by atoms with E-state index in [0.717, 1.165) is 13.1 Å². The fourth-order valence-electron chi connectivity index (χ4n) is 1.19. The zero-order chi connectivity index (χ0) is 9.90. The summed E-state index contributed by atoms with van der Waals surface area (Å²) in [5.74, 6) is -0.366. The van der Waals surface area contributed by atoms with Crippen molar-refractivity contribution in [3.8, 4) is 0 Å². The van der Waals surface area contributed by atoms with E-state index in [1.54, 1.807) is 0 Å². The summed E-state index contributed by atoms with van der Waals surface area (Å²) in [5.41, 5.74) is 2.68. The lowest BCUT2D eigenvalue weighted by molar-refractivity contribution is -0.137. The van der Waals surface area contributed by atoms with Crippen LogP contribution in [0.3, 0.4) is 0 Å². The molecule has 3 heteroatoms. The highest BCUT2D eigenvalue weighted by molar-refractivity contribution is 5.81. The maximum absolute atomic E-state index is 10.8. The summed E-state index contributed by atoms with van der Waals surface area (Å²) in [7, 11) is 0. The third kappa shape index (κ3) is 3.05. The Hall–Kier alpha value is -1.05. The Morgan fingerprint density at radius 1 is 1.77 bits per heavy atom. The van der Waals surface area contributed by atoms with Gasteiger partial charge in [0.25, 0.3) is 0 Å². The molecule has 0 bridgehead atoms. The molecule has 13 heavy (non-hydrogen) atoms. The van der Waals surface area contributed by atoms with Crippen molar-refractivity contribution >= 4 is 5.97 Å². The van der Waals surface area contributed by atoms with Crippen LogP contribution in [0.5, 0.6) is 0 Å². The van der Waals surface area contributed by atoms with Gasteiger partial charge in [0.2, 0.25) is 0 Å². The van der Waals surface area contributed by atoms with E-state index < -0.39 is 0 Å². The van der Waals surface area contributed by atoms with Gasteiger partial charge in [0.1, 0.15) is 6.61 Å². The average Bonchev–Trinajstić information content (AvgIpc) is 2.59. The van der Waals surface area contributed by atoms with Crippen molar-refractivity contribution < 1.29 is 9.53 Å². The van der Waals surface area contributed by atoms with Gasteiger partial charge in [-0.15, -0.1) is 5.73 Å². The van der Waals surface area contributed by atoms with Crippen molar-refractivity contribution in [3.63, 3.8) is 0 Å². The number of ether oxygens (including phenoxy) is 1. The minimum absolute atomic E-state index is 0.306. The van der Waals surface area contributed by atoms with Crippen molar-refractivity contribution in [2.45, 2.75) is 19.4 Å². The van der Waals surface area contributed by atoms with Gasteiger partial charge in [0.15, 0.2) is 0 Å². The fraction of sp³-hybridized carbons (Fsp3) is 0.600. The van der Waals surface area contributed by atoms with Crippen LogP contribution in [0.1, 0.15) is 13.8 Å². The van der Waals surface area contributed by atoms with E-state index in [-0.39, 0.29) is 5.97 Å². The molecule has 0 aromatic rings. The summed E-state index contributed by atoms with van der Waals surface area (Å²) in [6, 6.07) is 0. The van der Waals surface area contributed by atoms with Gasteiger partial charge < -0.3 is 4.74 Å². The van der Waals surface area contributed by atoms with Crippen LogP contribution in [0.4, 0.5) is 0 Å². The number of esters is 1. The van der Waals surface area contributed by atoms with Gasteiger partial charge >= 0.3 is 5.97 Å². The minimum Gasteiger partial charge on any atom is -0.461 e. The maximum atomic E-state index is 10.8. The number of carbonyl (C=O) groups is 1. The number of rotatable bonds is 4. The maximum Gasteiger partial charge on any atom is 0.338 e. The van der Waals surface area contributed by atoms with Crippen molar-refractivity contribution in [2.75, 3.05) is 19.7 Å².